The van der Waals surface area contributed by atoms with Crippen LogP contribution in [0.3, 0.4) is 0 Å². The number of rotatable bonds is 7. The van der Waals surface area contributed by atoms with Gasteiger partial charge in [-0.05, 0) is 36.6 Å². The summed E-state index contributed by atoms with van der Waals surface area (Å²) in [5.41, 5.74) is 0. The number of carbonyl (C=O) groups is 2. The first kappa shape index (κ1) is 13.1. The van der Waals surface area contributed by atoms with Crippen molar-refractivity contribution in [2.75, 3.05) is 13.1 Å². The molecule has 18 heavy (non-hydrogen) atoms. The number of hydrogen-bond donors (Lipinski definition) is 1. The maximum absolute atomic E-state index is 12.0. The Morgan fingerprint density at radius 2 is 2.22 bits per heavy atom. The van der Waals surface area contributed by atoms with E-state index in [2.05, 4.69) is 0 Å². The minimum atomic E-state index is -0.930. The molecule has 98 valence electrons. The lowest BCUT2D eigenvalue weighted by Gasteiger charge is -2.20. The second kappa shape index (κ2) is 6.00. The van der Waals surface area contributed by atoms with E-state index >= 15 is 0 Å². The van der Waals surface area contributed by atoms with E-state index in [0.717, 1.165) is 12.8 Å². The summed E-state index contributed by atoms with van der Waals surface area (Å²) in [4.78, 5) is 25.4. The van der Waals surface area contributed by atoms with Gasteiger partial charge in [0, 0.05) is 17.8 Å². The zero-order valence-corrected chi connectivity index (χ0v) is 11.0. The smallest absolute Gasteiger partial charge is 0.323 e. The summed E-state index contributed by atoms with van der Waals surface area (Å²) in [6.45, 7) is 0.440. The number of hydrogen-bond acceptors (Lipinski definition) is 3. The van der Waals surface area contributed by atoms with Crippen LogP contribution in [0.1, 0.15) is 24.1 Å². The summed E-state index contributed by atoms with van der Waals surface area (Å²) < 4.78 is 0. The molecule has 0 aliphatic heterocycles. The summed E-state index contributed by atoms with van der Waals surface area (Å²) in [6, 6.07) is 3.96. The van der Waals surface area contributed by atoms with Crippen molar-refractivity contribution in [1.29, 1.82) is 0 Å². The van der Waals surface area contributed by atoms with Gasteiger partial charge in [-0.3, -0.25) is 9.59 Å². The minimum Gasteiger partial charge on any atom is -0.480 e. The van der Waals surface area contributed by atoms with E-state index in [1.54, 1.807) is 11.3 Å². The van der Waals surface area contributed by atoms with Crippen molar-refractivity contribution in [3.63, 3.8) is 0 Å². The maximum Gasteiger partial charge on any atom is 0.323 e. The van der Waals surface area contributed by atoms with E-state index in [1.165, 1.54) is 9.78 Å². The van der Waals surface area contributed by atoms with Crippen LogP contribution in [-0.2, 0) is 16.0 Å². The van der Waals surface area contributed by atoms with Crippen molar-refractivity contribution in [2.24, 2.45) is 5.92 Å². The molecule has 1 heterocycles. The summed E-state index contributed by atoms with van der Waals surface area (Å²) >= 11 is 1.63. The van der Waals surface area contributed by atoms with Gasteiger partial charge in [0.25, 0.3) is 0 Å². The molecule has 1 saturated carbocycles. The van der Waals surface area contributed by atoms with Crippen LogP contribution in [0.2, 0.25) is 0 Å². The highest BCUT2D eigenvalue weighted by Gasteiger charge is 2.27. The Labute approximate surface area is 110 Å². The first-order valence-electron chi connectivity index (χ1n) is 6.17. The van der Waals surface area contributed by atoms with Crippen LogP contribution in [-0.4, -0.2) is 35.0 Å². The van der Waals surface area contributed by atoms with Crippen molar-refractivity contribution in [1.82, 2.24) is 4.90 Å². The van der Waals surface area contributed by atoms with Gasteiger partial charge in [0.2, 0.25) is 5.91 Å². The lowest BCUT2D eigenvalue weighted by molar-refractivity contribution is -0.144. The van der Waals surface area contributed by atoms with Gasteiger partial charge >= 0.3 is 5.97 Å². The highest BCUT2D eigenvalue weighted by molar-refractivity contribution is 7.09. The number of carbonyl (C=O) groups excluding carboxylic acids is 1. The Balaban J connectivity index is 1.83. The maximum atomic E-state index is 12.0. The first-order valence-corrected chi connectivity index (χ1v) is 7.05. The number of aryl methyl sites for hydroxylation is 1. The SMILES string of the molecule is O=C(O)CN(CC1CC1)C(=O)CCc1cccs1. The van der Waals surface area contributed by atoms with Crippen molar-refractivity contribution in [2.45, 2.75) is 25.7 Å². The number of aliphatic carboxylic acids is 1. The van der Waals surface area contributed by atoms with Crippen LogP contribution in [0.15, 0.2) is 17.5 Å². The van der Waals surface area contributed by atoms with Crippen LogP contribution in [0.4, 0.5) is 0 Å². The molecule has 1 aliphatic carbocycles. The van der Waals surface area contributed by atoms with Gasteiger partial charge in [-0.2, -0.15) is 0 Å². The second-order valence-electron chi connectivity index (χ2n) is 4.69. The average molecular weight is 267 g/mol. The van der Waals surface area contributed by atoms with Crippen LogP contribution in [0, 0.1) is 5.92 Å². The molecule has 1 aromatic heterocycles. The minimum absolute atomic E-state index is 0.0438. The van der Waals surface area contributed by atoms with E-state index < -0.39 is 5.97 Å². The molecule has 1 aliphatic rings. The molecule has 1 amide bonds. The molecule has 0 saturated heterocycles. The number of amides is 1. The molecular formula is C13H17NO3S. The van der Waals surface area contributed by atoms with Gasteiger partial charge in [0.1, 0.15) is 6.54 Å². The molecule has 0 radical (unpaired) electrons. The number of carboxylic acid groups (broad SMARTS) is 1. The van der Waals surface area contributed by atoms with Crippen LogP contribution < -0.4 is 0 Å². The normalized spacial score (nSPS) is 14.4. The molecule has 1 aromatic rings. The Bertz CT molecular complexity index is 412. The van der Waals surface area contributed by atoms with Crippen LogP contribution in [0.25, 0.3) is 0 Å². The fourth-order valence-corrected chi connectivity index (χ4v) is 2.58. The molecule has 1 N–H and O–H groups in total. The fraction of sp³-hybridized carbons (Fsp3) is 0.538. The molecule has 0 aromatic carbocycles. The Kier molecular flexibility index (Phi) is 4.36. The summed E-state index contributed by atoms with van der Waals surface area (Å²) in [6.07, 6.45) is 3.35. The standard InChI is InChI=1S/C13H17NO3S/c15-12(6-5-11-2-1-7-18-11)14(9-13(16)17)8-10-3-4-10/h1-2,7,10H,3-6,8-9H2,(H,16,17). The van der Waals surface area contributed by atoms with Crippen LogP contribution in [0.5, 0.6) is 0 Å². The summed E-state index contributed by atoms with van der Waals surface area (Å²) in [5, 5.41) is 10.8. The number of nitrogens with zero attached hydrogens (tertiary/aromatic N) is 1. The number of carboxylic acids is 1. The zero-order valence-electron chi connectivity index (χ0n) is 10.2. The van der Waals surface area contributed by atoms with Gasteiger partial charge in [0.15, 0.2) is 0 Å². The van der Waals surface area contributed by atoms with Gasteiger partial charge < -0.3 is 10.0 Å². The van der Waals surface area contributed by atoms with Crippen molar-refractivity contribution >= 4 is 23.2 Å². The predicted molar refractivity (Wildman–Crippen MR) is 69.6 cm³/mol. The molecule has 0 bridgehead atoms. The second-order valence-corrected chi connectivity index (χ2v) is 5.72. The van der Waals surface area contributed by atoms with Crippen molar-refractivity contribution < 1.29 is 14.7 Å². The fourth-order valence-electron chi connectivity index (χ4n) is 1.87. The lowest BCUT2D eigenvalue weighted by atomic mass is 10.2. The van der Waals surface area contributed by atoms with Gasteiger partial charge in [-0.15, -0.1) is 11.3 Å². The Hall–Kier alpha value is -1.36. The van der Waals surface area contributed by atoms with E-state index in [4.69, 9.17) is 5.11 Å². The highest BCUT2D eigenvalue weighted by atomic mass is 32.1. The average Bonchev–Trinajstić information content (AvgIpc) is 2.98. The molecule has 0 unspecified atom stereocenters. The molecule has 1 fully saturated rings. The third kappa shape index (κ3) is 4.14. The number of thiophene rings is 1. The van der Waals surface area contributed by atoms with Gasteiger partial charge in [-0.25, -0.2) is 0 Å². The molecule has 5 heteroatoms. The molecule has 0 spiro atoms. The topological polar surface area (TPSA) is 57.6 Å². The van der Waals surface area contributed by atoms with Gasteiger partial charge in [0.05, 0.1) is 0 Å². The summed E-state index contributed by atoms with van der Waals surface area (Å²) in [5.74, 6) is -0.451. The summed E-state index contributed by atoms with van der Waals surface area (Å²) in [7, 11) is 0. The Morgan fingerprint density at radius 3 is 2.78 bits per heavy atom. The third-order valence-electron chi connectivity index (χ3n) is 3.02. The molecular weight excluding hydrogens is 250 g/mol. The lowest BCUT2D eigenvalue weighted by Crippen LogP contribution is -2.37. The van der Waals surface area contributed by atoms with Gasteiger partial charge in [-0.1, -0.05) is 6.07 Å². The first-order chi connectivity index (χ1) is 8.65. The monoisotopic (exact) mass is 267 g/mol. The highest BCUT2D eigenvalue weighted by Crippen LogP contribution is 2.29. The molecule has 0 atom stereocenters. The van der Waals surface area contributed by atoms with Crippen molar-refractivity contribution in [3.8, 4) is 0 Å². The Morgan fingerprint density at radius 1 is 1.44 bits per heavy atom. The van der Waals surface area contributed by atoms with E-state index in [-0.39, 0.29) is 12.5 Å². The third-order valence-corrected chi connectivity index (χ3v) is 3.96. The largest absolute Gasteiger partial charge is 0.480 e. The predicted octanol–water partition coefficient (Wildman–Crippen LogP) is 2.00. The molecule has 2 rings (SSSR count). The van der Waals surface area contributed by atoms with Crippen molar-refractivity contribution in [3.05, 3.63) is 22.4 Å². The zero-order chi connectivity index (χ0) is 13.0. The quantitative estimate of drug-likeness (QED) is 0.822. The van der Waals surface area contributed by atoms with Crippen LogP contribution >= 0.6 is 11.3 Å². The van der Waals surface area contributed by atoms with E-state index in [9.17, 15) is 9.59 Å². The van der Waals surface area contributed by atoms with E-state index in [1.807, 2.05) is 17.5 Å². The van der Waals surface area contributed by atoms with E-state index in [0.29, 0.717) is 25.3 Å². The molecule has 4 nitrogen and oxygen atoms in total.